The number of nitrogens with zero attached hydrogens (tertiary/aromatic N) is 1. The van der Waals surface area contributed by atoms with Crippen molar-refractivity contribution in [3.63, 3.8) is 0 Å². The second kappa shape index (κ2) is 36.0. The molecule has 1 N–H and O–H groups in total. The summed E-state index contributed by atoms with van der Waals surface area (Å²) in [6.07, 6.45) is 39.8. The van der Waals surface area contributed by atoms with E-state index in [4.69, 9.17) is 18.5 Å². The van der Waals surface area contributed by atoms with Gasteiger partial charge in [-0.1, -0.05) is 180 Å². The molecule has 51 heavy (non-hydrogen) atoms. The lowest BCUT2D eigenvalue weighted by Crippen LogP contribution is -2.37. The van der Waals surface area contributed by atoms with E-state index in [1.165, 1.54) is 147 Å². The van der Waals surface area contributed by atoms with Gasteiger partial charge in [0.15, 0.2) is 0 Å². The molecule has 0 bridgehead atoms. The molecule has 302 valence electrons. The average Bonchev–Trinajstić information content (AvgIpc) is 3.08. The van der Waals surface area contributed by atoms with E-state index in [1.807, 2.05) is 27.2 Å². The molecular weight excluding hydrogens is 661 g/mol. The summed E-state index contributed by atoms with van der Waals surface area (Å²) < 4.78 is 34.7. The van der Waals surface area contributed by atoms with Crippen LogP contribution in [0.1, 0.15) is 181 Å². The summed E-state index contributed by atoms with van der Waals surface area (Å²) in [5.74, 6) is -0.540. The number of unbranched alkanes of at least 4 members (excludes halogenated alkanes) is 24. The number of likely N-dealkylation sites (N-methyl/N-ethyl adjacent to an activating group) is 1. The normalized spacial score (nSPS) is 14.1. The highest BCUT2D eigenvalue weighted by Crippen LogP contribution is 2.43. The van der Waals surface area contributed by atoms with Crippen molar-refractivity contribution >= 4 is 13.8 Å². The van der Waals surface area contributed by atoms with Gasteiger partial charge in [-0.15, -0.1) is 0 Å². The highest BCUT2D eigenvalue weighted by atomic mass is 31.2. The third-order valence-corrected chi connectivity index (χ3v) is 10.1. The second-order valence-electron chi connectivity index (χ2n) is 15.5. The van der Waals surface area contributed by atoms with Crippen LogP contribution < -0.4 is 0 Å². The summed E-state index contributed by atoms with van der Waals surface area (Å²) in [7, 11) is 1.62. The zero-order valence-corrected chi connectivity index (χ0v) is 35.0. The van der Waals surface area contributed by atoms with Crippen molar-refractivity contribution in [3.8, 4) is 0 Å². The standard InChI is InChI=1S/C42H82NO7P/c1-6-8-10-12-14-16-18-20-22-23-25-27-29-31-33-35-42(44)50-41(40-49-51(45,46)48-38-36-43(3,4)5)39-47-37-34-32-30-28-26-24-21-19-17-15-13-11-9-7-2/h29,31,33,35,41H,6-28,30,32,34,36-40H2,1-5H3/p+1. The van der Waals surface area contributed by atoms with Crippen LogP contribution in [0, 0.1) is 0 Å². The number of quaternary nitrogens is 1. The minimum atomic E-state index is -4.29. The summed E-state index contributed by atoms with van der Waals surface area (Å²) in [5.41, 5.74) is 0. The van der Waals surface area contributed by atoms with Gasteiger partial charge in [0.1, 0.15) is 19.3 Å². The Bertz CT molecular complexity index is 874. The lowest BCUT2D eigenvalue weighted by molar-refractivity contribution is -0.870. The van der Waals surface area contributed by atoms with Crippen LogP contribution in [0.4, 0.5) is 0 Å². The average molecular weight is 745 g/mol. The molecule has 2 unspecified atom stereocenters. The fourth-order valence-electron chi connectivity index (χ4n) is 5.81. The molecule has 0 aromatic heterocycles. The molecule has 0 saturated heterocycles. The number of rotatable bonds is 39. The smallest absolute Gasteiger partial charge is 0.454 e. The molecule has 0 aliphatic heterocycles. The van der Waals surface area contributed by atoms with Gasteiger partial charge < -0.3 is 18.9 Å². The SMILES string of the molecule is CCCCCCCCCCCCCC=CC=CC(=O)OC(COCCCCCCCCCCCCCCCC)COP(=O)(O)OCC[N+](C)(C)C. The molecule has 0 rings (SSSR count). The minimum absolute atomic E-state index is 0.0750. The van der Waals surface area contributed by atoms with Gasteiger partial charge in [0.25, 0.3) is 0 Å². The molecule has 0 aromatic carbocycles. The van der Waals surface area contributed by atoms with Gasteiger partial charge in [-0.05, 0) is 19.3 Å². The van der Waals surface area contributed by atoms with E-state index in [0.29, 0.717) is 17.6 Å². The van der Waals surface area contributed by atoms with Crippen LogP contribution in [0.3, 0.4) is 0 Å². The van der Waals surface area contributed by atoms with Crippen molar-refractivity contribution in [3.05, 3.63) is 24.3 Å². The van der Waals surface area contributed by atoms with Crippen LogP contribution in [-0.2, 0) is 27.9 Å². The number of allylic oxidation sites excluding steroid dienone is 3. The van der Waals surface area contributed by atoms with Gasteiger partial charge in [0.05, 0.1) is 34.4 Å². The predicted octanol–water partition coefficient (Wildman–Crippen LogP) is 12.0. The molecule has 9 heteroatoms. The fraction of sp³-hybridized carbons (Fsp3) is 0.881. The monoisotopic (exact) mass is 745 g/mol. The molecule has 0 heterocycles. The summed E-state index contributed by atoms with van der Waals surface area (Å²) in [5, 5.41) is 0. The lowest BCUT2D eigenvalue weighted by Gasteiger charge is -2.24. The molecule has 0 aliphatic carbocycles. The van der Waals surface area contributed by atoms with Crippen molar-refractivity contribution in [1.29, 1.82) is 0 Å². The Morgan fingerprint density at radius 2 is 1.06 bits per heavy atom. The zero-order chi connectivity index (χ0) is 37.7. The van der Waals surface area contributed by atoms with E-state index in [-0.39, 0.29) is 19.8 Å². The van der Waals surface area contributed by atoms with E-state index < -0.39 is 19.9 Å². The first-order chi connectivity index (χ1) is 24.6. The maximum absolute atomic E-state index is 12.5. The third kappa shape index (κ3) is 40.0. The van der Waals surface area contributed by atoms with Crippen LogP contribution in [0.5, 0.6) is 0 Å². The molecule has 0 saturated carbocycles. The number of phosphoric ester groups is 1. The Labute approximate surface area is 315 Å². The number of hydrogen-bond donors (Lipinski definition) is 1. The Morgan fingerprint density at radius 1 is 0.608 bits per heavy atom. The number of phosphoric acid groups is 1. The van der Waals surface area contributed by atoms with Gasteiger partial charge in [-0.25, -0.2) is 9.36 Å². The first-order valence-electron chi connectivity index (χ1n) is 21.1. The number of ether oxygens (including phenoxy) is 2. The van der Waals surface area contributed by atoms with E-state index >= 15 is 0 Å². The summed E-state index contributed by atoms with van der Waals surface area (Å²) in [4.78, 5) is 22.7. The molecule has 0 amide bonds. The van der Waals surface area contributed by atoms with Gasteiger partial charge >= 0.3 is 13.8 Å². The summed E-state index contributed by atoms with van der Waals surface area (Å²) in [6.45, 7) is 5.49. The minimum Gasteiger partial charge on any atom is -0.454 e. The van der Waals surface area contributed by atoms with Crippen molar-refractivity contribution in [1.82, 2.24) is 0 Å². The van der Waals surface area contributed by atoms with Crippen LogP contribution in [0.15, 0.2) is 24.3 Å². The highest BCUT2D eigenvalue weighted by Gasteiger charge is 2.26. The molecule has 0 radical (unpaired) electrons. The van der Waals surface area contributed by atoms with Crippen molar-refractivity contribution in [2.45, 2.75) is 187 Å². The number of hydrogen-bond acceptors (Lipinski definition) is 6. The van der Waals surface area contributed by atoms with Crippen molar-refractivity contribution < 1.29 is 37.3 Å². The van der Waals surface area contributed by atoms with Crippen LogP contribution in [0.25, 0.3) is 0 Å². The Kier molecular flexibility index (Phi) is 35.3. The zero-order valence-electron chi connectivity index (χ0n) is 34.1. The van der Waals surface area contributed by atoms with E-state index in [2.05, 4.69) is 19.9 Å². The first-order valence-corrected chi connectivity index (χ1v) is 22.6. The van der Waals surface area contributed by atoms with Crippen molar-refractivity contribution in [2.24, 2.45) is 0 Å². The maximum Gasteiger partial charge on any atom is 0.472 e. The maximum atomic E-state index is 12.5. The molecule has 0 aliphatic rings. The highest BCUT2D eigenvalue weighted by molar-refractivity contribution is 7.47. The number of carbonyl (C=O) groups excluding carboxylic acids is 1. The van der Waals surface area contributed by atoms with Crippen LogP contribution >= 0.6 is 7.82 Å². The summed E-state index contributed by atoms with van der Waals surface area (Å²) >= 11 is 0. The second-order valence-corrected chi connectivity index (χ2v) is 16.9. The van der Waals surface area contributed by atoms with Gasteiger partial charge in [-0.2, -0.15) is 0 Å². The Balaban J connectivity index is 4.35. The molecule has 0 aromatic rings. The van der Waals surface area contributed by atoms with Gasteiger partial charge in [0, 0.05) is 12.7 Å². The number of esters is 1. The van der Waals surface area contributed by atoms with Crippen LogP contribution in [0.2, 0.25) is 0 Å². The molecule has 8 nitrogen and oxygen atoms in total. The fourth-order valence-corrected chi connectivity index (χ4v) is 6.55. The largest absolute Gasteiger partial charge is 0.472 e. The molecular formula is C42H83NO7P+. The lowest BCUT2D eigenvalue weighted by atomic mass is 10.0. The quantitative estimate of drug-likeness (QED) is 0.0167. The topological polar surface area (TPSA) is 91.3 Å². The van der Waals surface area contributed by atoms with Crippen LogP contribution in [-0.4, -0.2) is 75.6 Å². The first kappa shape index (κ1) is 50.0. The summed E-state index contributed by atoms with van der Waals surface area (Å²) in [6, 6.07) is 0. The van der Waals surface area contributed by atoms with Gasteiger partial charge in [0.2, 0.25) is 0 Å². The molecule has 0 spiro atoms. The van der Waals surface area contributed by atoms with E-state index in [0.717, 1.165) is 25.7 Å². The molecule has 0 fully saturated rings. The molecule has 2 atom stereocenters. The van der Waals surface area contributed by atoms with E-state index in [1.54, 1.807) is 6.08 Å². The third-order valence-electron chi connectivity index (χ3n) is 9.12. The predicted molar refractivity (Wildman–Crippen MR) is 215 cm³/mol. The van der Waals surface area contributed by atoms with Crippen molar-refractivity contribution in [2.75, 3.05) is 54.1 Å². The van der Waals surface area contributed by atoms with E-state index in [9.17, 15) is 14.3 Å². The van der Waals surface area contributed by atoms with Gasteiger partial charge in [-0.3, -0.25) is 9.05 Å². The Hall–Kier alpha value is -1.02. The Morgan fingerprint density at radius 3 is 1.53 bits per heavy atom. The number of carbonyl (C=O) groups is 1.